The molecule has 1 fully saturated rings. The van der Waals surface area contributed by atoms with Crippen molar-refractivity contribution in [1.29, 1.82) is 0 Å². The highest BCUT2D eigenvalue weighted by Crippen LogP contribution is 2.27. The van der Waals surface area contributed by atoms with Crippen LogP contribution < -0.4 is 0 Å². The standard InChI is InChI=1S/C15H23N5O2/c1-3-7-20-15(16-17-18-20)10-19-8-9-21-11-13(19)14-6-5-12(4-2)22-14/h5-6,13H,3-4,7-11H2,1-2H3/t13-/m1/s1. The Labute approximate surface area is 130 Å². The van der Waals surface area contributed by atoms with Gasteiger partial charge < -0.3 is 9.15 Å². The molecule has 1 aliphatic rings. The van der Waals surface area contributed by atoms with E-state index in [0.29, 0.717) is 13.2 Å². The van der Waals surface area contributed by atoms with Gasteiger partial charge in [0.15, 0.2) is 5.82 Å². The zero-order valence-corrected chi connectivity index (χ0v) is 13.2. The molecule has 1 saturated heterocycles. The molecule has 0 spiro atoms. The van der Waals surface area contributed by atoms with Crippen LogP contribution >= 0.6 is 0 Å². The monoisotopic (exact) mass is 305 g/mol. The highest BCUT2D eigenvalue weighted by Gasteiger charge is 2.28. The predicted octanol–water partition coefficient (Wildman–Crippen LogP) is 1.81. The van der Waals surface area contributed by atoms with Crippen LogP contribution in [0.25, 0.3) is 0 Å². The summed E-state index contributed by atoms with van der Waals surface area (Å²) in [7, 11) is 0. The van der Waals surface area contributed by atoms with E-state index in [1.807, 2.05) is 10.7 Å². The largest absolute Gasteiger partial charge is 0.464 e. The maximum Gasteiger partial charge on any atom is 0.165 e. The molecular weight excluding hydrogens is 282 g/mol. The molecule has 1 aliphatic heterocycles. The Hall–Kier alpha value is -1.73. The van der Waals surface area contributed by atoms with E-state index < -0.39 is 0 Å². The van der Waals surface area contributed by atoms with Gasteiger partial charge in [0, 0.05) is 19.5 Å². The zero-order valence-electron chi connectivity index (χ0n) is 13.2. The molecule has 0 N–H and O–H groups in total. The summed E-state index contributed by atoms with van der Waals surface area (Å²) in [5.74, 6) is 2.87. The maximum atomic E-state index is 5.92. The third kappa shape index (κ3) is 3.20. The summed E-state index contributed by atoms with van der Waals surface area (Å²) >= 11 is 0. The fourth-order valence-electron chi connectivity index (χ4n) is 2.76. The number of hydrogen-bond donors (Lipinski definition) is 0. The molecule has 3 rings (SSSR count). The van der Waals surface area contributed by atoms with E-state index in [0.717, 1.165) is 49.9 Å². The van der Waals surface area contributed by atoms with Gasteiger partial charge in [0.05, 0.1) is 25.8 Å². The zero-order chi connectivity index (χ0) is 15.4. The molecule has 0 unspecified atom stereocenters. The van der Waals surface area contributed by atoms with Gasteiger partial charge in [-0.2, -0.15) is 0 Å². The number of aryl methyl sites for hydroxylation is 2. The fraction of sp³-hybridized carbons (Fsp3) is 0.667. The van der Waals surface area contributed by atoms with Crippen LogP contribution in [0.4, 0.5) is 0 Å². The number of hydrogen-bond acceptors (Lipinski definition) is 6. The summed E-state index contributed by atoms with van der Waals surface area (Å²) in [4.78, 5) is 2.33. The summed E-state index contributed by atoms with van der Waals surface area (Å²) in [6, 6.07) is 4.23. The number of rotatable bonds is 6. The Morgan fingerprint density at radius 2 is 2.23 bits per heavy atom. The molecule has 0 radical (unpaired) electrons. The molecule has 0 saturated carbocycles. The second-order valence-corrected chi connectivity index (χ2v) is 5.54. The number of nitrogens with zero attached hydrogens (tertiary/aromatic N) is 5. The van der Waals surface area contributed by atoms with Crippen LogP contribution in [-0.2, 0) is 24.2 Å². The summed E-state index contributed by atoms with van der Waals surface area (Å²) in [6.45, 7) is 8.00. The topological polar surface area (TPSA) is 69.2 Å². The molecule has 0 amide bonds. The molecule has 120 valence electrons. The molecule has 3 heterocycles. The summed E-state index contributed by atoms with van der Waals surface area (Å²) in [6.07, 6.45) is 1.92. The molecule has 0 aromatic carbocycles. The van der Waals surface area contributed by atoms with Crippen molar-refractivity contribution in [3.63, 3.8) is 0 Å². The molecule has 0 aliphatic carbocycles. The minimum Gasteiger partial charge on any atom is -0.464 e. The van der Waals surface area contributed by atoms with Gasteiger partial charge in [-0.1, -0.05) is 13.8 Å². The molecule has 1 atom stereocenters. The van der Waals surface area contributed by atoms with Crippen molar-refractivity contribution in [1.82, 2.24) is 25.1 Å². The average molecular weight is 305 g/mol. The average Bonchev–Trinajstić information content (AvgIpc) is 3.18. The van der Waals surface area contributed by atoms with E-state index in [1.165, 1.54) is 0 Å². The first-order valence-electron chi connectivity index (χ1n) is 7.97. The fourth-order valence-corrected chi connectivity index (χ4v) is 2.76. The Kier molecular flexibility index (Phi) is 4.84. The van der Waals surface area contributed by atoms with Gasteiger partial charge in [0.2, 0.25) is 0 Å². The molecule has 7 heteroatoms. The van der Waals surface area contributed by atoms with Crippen LogP contribution in [0.1, 0.15) is 43.7 Å². The molecule has 22 heavy (non-hydrogen) atoms. The van der Waals surface area contributed by atoms with Gasteiger partial charge in [-0.25, -0.2) is 4.68 Å². The van der Waals surface area contributed by atoms with Crippen LogP contribution in [0.15, 0.2) is 16.5 Å². The van der Waals surface area contributed by atoms with Crippen LogP contribution in [-0.4, -0.2) is 44.9 Å². The van der Waals surface area contributed by atoms with E-state index in [4.69, 9.17) is 9.15 Å². The Bertz CT molecular complexity index is 594. The van der Waals surface area contributed by atoms with Crippen LogP contribution in [0, 0.1) is 0 Å². The van der Waals surface area contributed by atoms with Gasteiger partial charge in [0.1, 0.15) is 11.5 Å². The highest BCUT2D eigenvalue weighted by atomic mass is 16.5. The second kappa shape index (κ2) is 7.02. The summed E-state index contributed by atoms with van der Waals surface area (Å²) in [5, 5.41) is 12.0. The van der Waals surface area contributed by atoms with Crippen molar-refractivity contribution in [3.05, 3.63) is 29.5 Å². The van der Waals surface area contributed by atoms with Crippen LogP contribution in [0.2, 0.25) is 0 Å². The SMILES string of the molecule is CCCn1nnnc1CN1CCOC[C@@H]1c1ccc(CC)o1. The van der Waals surface area contributed by atoms with Crippen LogP contribution in [0.5, 0.6) is 0 Å². The Morgan fingerprint density at radius 3 is 3.00 bits per heavy atom. The quantitative estimate of drug-likeness (QED) is 0.811. The number of furan rings is 1. The Morgan fingerprint density at radius 1 is 1.32 bits per heavy atom. The number of ether oxygens (including phenoxy) is 1. The van der Waals surface area contributed by atoms with E-state index in [2.05, 4.69) is 40.3 Å². The lowest BCUT2D eigenvalue weighted by Gasteiger charge is -2.33. The molecule has 2 aromatic heterocycles. The first-order valence-corrected chi connectivity index (χ1v) is 7.97. The first-order chi connectivity index (χ1) is 10.8. The summed E-state index contributed by atoms with van der Waals surface area (Å²) < 4.78 is 13.4. The number of tetrazole rings is 1. The minimum absolute atomic E-state index is 0.126. The van der Waals surface area contributed by atoms with Crippen molar-refractivity contribution in [2.45, 2.75) is 45.8 Å². The lowest BCUT2D eigenvalue weighted by atomic mass is 10.1. The third-order valence-corrected chi connectivity index (χ3v) is 3.98. The third-order valence-electron chi connectivity index (χ3n) is 3.98. The van der Waals surface area contributed by atoms with Crippen molar-refractivity contribution >= 4 is 0 Å². The van der Waals surface area contributed by atoms with E-state index >= 15 is 0 Å². The molecule has 2 aromatic rings. The first kappa shape index (κ1) is 15.2. The van der Waals surface area contributed by atoms with Gasteiger partial charge >= 0.3 is 0 Å². The number of morpholine rings is 1. The normalized spacial score (nSPS) is 19.6. The molecule has 7 nitrogen and oxygen atoms in total. The van der Waals surface area contributed by atoms with Crippen LogP contribution in [0.3, 0.4) is 0 Å². The van der Waals surface area contributed by atoms with E-state index in [-0.39, 0.29) is 6.04 Å². The van der Waals surface area contributed by atoms with Crippen molar-refractivity contribution in [3.8, 4) is 0 Å². The molecular formula is C15H23N5O2. The van der Waals surface area contributed by atoms with Crippen molar-refractivity contribution in [2.75, 3.05) is 19.8 Å². The van der Waals surface area contributed by atoms with Gasteiger partial charge in [-0.15, -0.1) is 5.10 Å². The van der Waals surface area contributed by atoms with Crippen molar-refractivity contribution < 1.29 is 9.15 Å². The summed E-state index contributed by atoms with van der Waals surface area (Å²) in [5.41, 5.74) is 0. The predicted molar refractivity (Wildman–Crippen MR) is 80.2 cm³/mol. The highest BCUT2D eigenvalue weighted by molar-refractivity contribution is 5.12. The second-order valence-electron chi connectivity index (χ2n) is 5.54. The Balaban J connectivity index is 1.76. The van der Waals surface area contributed by atoms with Gasteiger partial charge in [-0.05, 0) is 29.0 Å². The number of aromatic nitrogens is 4. The lowest BCUT2D eigenvalue weighted by Crippen LogP contribution is -2.39. The molecule has 0 bridgehead atoms. The lowest BCUT2D eigenvalue weighted by molar-refractivity contribution is -0.0222. The van der Waals surface area contributed by atoms with Crippen molar-refractivity contribution in [2.24, 2.45) is 0 Å². The van der Waals surface area contributed by atoms with E-state index in [1.54, 1.807) is 0 Å². The van der Waals surface area contributed by atoms with Gasteiger partial charge in [0.25, 0.3) is 0 Å². The van der Waals surface area contributed by atoms with E-state index in [9.17, 15) is 0 Å². The van der Waals surface area contributed by atoms with Gasteiger partial charge in [-0.3, -0.25) is 4.90 Å². The maximum absolute atomic E-state index is 5.92. The smallest absolute Gasteiger partial charge is 0.165 e. The minimum atomic E-state index is 0.126.